The van der Waals surface area contributed by atoms with Crippen LogP contribution in [0.4, 0.5) is 0 Å². The number of rotatable bonds is 3. The Bertz CT molecular complexity index is 486. The molecule has 1 heterocycles. The van der Waals surface area contributed by atoms with Crippen LogP contribution < -0.4 is 0 Å². The summed E-state index contributed by atoms with van der Waals surface area (Å²) >= 11 is 0. The molecule has 0 saturated heterocycles. The average Bonchev–Trinajstić information content (AvgIpc) is 2.88. The Morgan fingerprint density at radius 2 is 1.94 bits per heavy atom. The van der Waals surface area contributed by atoms with Crippen molar-refractivity contribution in [2.24, 2.45) is 0 Å². The first-order valence-electron chi connectivity index (χ1n) is 5.56. The monoisotopic (exact) mass is 214 g/mol. The van der Waals surface area contributed by atoms with Gasteiger partial charge in [-0.2, -0.15) is 5.10 Å². The van der Waals surface area contributed by atoms with Gasteiger partial charge in [0, 0.05) is 6.20 Å². The number of hydrogen-bond donors (Lipinski definition) is 1. The lowest BCUT2D eigenvalue weighted by molar-refractivity contribution is 0.140. The molecule has 1 aromatic carbocycles. The van der Waals surface area contributed by atoms with Crippen LogP contribution in [0.2, 0.25) is 0 Å². The molecule has 0 amide bonds. The molecule has 1 aliphatic rings. The number of aromatic nitrogens is 2. The second-order valence-corrected chi connectivity index (χ2v) is 4.39. The van der Waals surface area contributed by atoms with Crippen LogP contribution in [0.15, 0.2) is 42.6 Å². The first kappa shape index (κ1) is 9.60. The molecule has 2 aromatic rings. The third-order valence-electron chi connectivity index (χ3n) is 3.09. The maximum Gasteiger partial charge on any atom is 0.106 e. The zero-order chi connectivity index (χ0) is 11.0. The van der Waals surface area contributed by atoms with Crippen LogP contribution >= 0.6 is 0 Å². The van der Waals surface area contributed by atoms with Gasteiger partial charge < -0.3 is 5.11 Å². The number of aliphatic hydroxyl groups is 1. The average molecular weight is 214 g/mol. The van der Waals surface area contributed by atoms with E-state index in [1.54, 1.807) is 6.20 Å². The van der Waals surface area contributed by atoms with Crippen LogP contribution in [0.5, 0.6) is 0 Å². The van der Waals surface area contributed by atoms with E-state index in [1.165, 1.54) is 5.56 Å². The van der Waals surface area contributed by atoms with E-state index in [4.69, 9.17) is 0 Å². The molecule has 1 fully saturated rings. The summed E-state index contributed by atoms with van der Waals surface area (Å²) < 4.78 is 1.89. The van der Waals surface area contributed by atoms with E-state index in [-0.39, 0.29) is 0 Å². The van der Waals surface area contributed by atoms with Crippen molar-refractivity contribution in [3.8, 4) is 0 Å². The summed E-state index contributed by atoms with van der Waals surface area (Å²) in [7, 11) is 0. The van der Waals surface area contributed by atoms with Crippen molar-refractivity contribution in [2.45, 2.75) is 25.0 Å². The van der Waals surface area contributed by atoms with E-state index < -0.39 is 5.60 Å². The van der Waals surface area contributed by atoms with Crippen molar-refractivity contribution < 1.29 is 5.11 Å². The molecule has 0 radical (unpaired) electrons. The molecular formula is C13H14N2O. The van der Waals surface area contributed by atoms with E-state index in [1.807, 2.05) is 28.9 Å². The summed E-state index contributed by atoms with van der Waals surface area (Å²) in [4.78, 5) is 0. The fourth-order valence-electron chi connectivity index (χ4n) is 1.98. The van der Waals surface area contributed by atoms with Gasteiger partial charge in [-0.25, -0.2) is 0 Å². The van der Waals surface area contributed by atoms with E-state index in [0.717, 1.165) is 25.1 Å². The summed E-state index contributed by atoms with van der Waals surface area (Å²) in [5, 5.41) is 14.4. The fourth-order valence-corrected chi connectivity index (χ4v) is 1.98. The Morgan fingerprint density at radius 3 is 2.62 bits per heavy atom. The third kappa shape index (κ3) is 1.63. The van der Waals surface area contributed by atoms with Crippen molar-refractivity contribution in [3.05, 3.63) is 53.9 Å². The Morgan fingerprint density at radius 1 is 1.19 bits per heavy atom. The predicted molar refractivity (Wildman–Crippen MR) is 60.9 cm³/mol. The van der Waals surface area contributed by atoms with Gasteiger partial charge in [-0.05, 0) is 24.5 Å². The first-order chi connectivity index (χ1) is 7.78. The second kappa shape index (κ2) is 3.46. The smallest absolute Gasteiger partial charge is 0.106 e. The molecule has 0 unspecified atom stereocenters. The lowest BCUT2D eigenvalue weighted by Gasteiger charge is -2.11. The van der Waals surface area contributed by atoms with Gasteiger partial charge in [0.05, 0.1) is 12.2 Å². The lowest BCUT2D eigenvalue weighted by atomic mass is 10.2. The van der Waals surface area contributed by atoms with E-state index in [2.05, 4.69) is 17.2 Å². The summed E-state index contributed by atoms with van der Waals surface area (Å²) in [6.07, 6.45) is 3.47. The molecule has 0 atom stereocenters. The molecule has 3 rings (SSSR count). The topological polar surface area (TPSA) is 38.1 Å². The Balaban J connectivity index is 1.88. The van der Waals surface area contributed by atoms with Gasteiger partial charge in [0.25, 0.3) is 0 Å². The molecule has 0 spiro atoms. The maximum absolute atomic E-state index is 10.1. The second-order valence-electron chi connectivity index (χ2n) is 4.39. The number of hydrogen-bond acceptors (Lipinski definition) is 2. The van der Waals surface area contributed by atoms with Gasteiger partial charge >= 0.3 is 0 Å². The minimum absolute atomic E-state index is 0.606. The molecule has 1 N–H and O–H groups in total. The molecule has 1 saturated carbocycles. The van der Waals surface area contributed by atoms with E-state index in [0.29, 0.717) is 0 Å². The zero-order valence-corrected chi connectivity index (χ0v) is 9.00. The van der Waals surface area contributed by atoms with Gasteiger partial charge in [0.15, 0.2) is 0 Å². The van der Waals surface area contributed by atoms with Gasteiger partial charge in [-0.15, -0.1) is 0 Å². The van der Waals surface area contributed by atoms with Crippen molar-refractivity contribution in [1.29, 1.82) is 0 Å². The van der Waals surface area contributed by atoms with Gasteiger partial charge in [0.2, 0.25) is 0 Å². The molecule has 0 aliphatic heterocycles. The first-order valence-corrected chi connectivity index (χ1v) is 5.56. The molecule has 0 bridgehead atoms. The largest absolute Gasteiger partial charge is 0.384 e. The van der Waals surface area contributed by atoms with Crippen LogP contribution in [0.25, 0.3) is 0 Å². The Hall–Kier alpha value is -1.61. The Kier molecular flexibility index (Phi) is 2.07. The van der Waals surface area contributed by atoms with Gasteiger partial charge in [-0.3, -0.25) is 4.68 Å². The Labute approximate surface area is 94.3 Å². The molecule has 1 aromatic heterocycles. The molecule has 82 valence electrons. The minimum Gasteiger partial charge on any atom is -0.384 e. The van der Waals surface area contributed by atoms with Crippen LogP contribution in [-0.2, 0) is 12.1 Å². The van der Waals surface area contributed by atoms with Crippen LogP contribution in [0.1, 0.15) is 24.1 Å². The van der Waals surface area contributed by atoms with Gasteiger partial charge in [0.1, 0.15) is 5.60 Å². The summed E-state index contributed by atoms with van der Waals surface area (Å²) in [6.45, 7) is 0.728. The maximum atomic E-state index is 10.1. The van der Waals surface area contributed by atoms with E-state index >= 15 is 0 Å². The minimum atomic E-state index is -0.606. The molecule has 1 aliphatic carbocycles. The van der Waals surface area contributed by atoms with E-state index in [9.17, 15) is 5.11 Å². The standard InChI is InChI=1S/C13H14N2O/c16-13(7-8-13)12-6-9-14-15(12)10-11-4-2-1-3-5-11/h1-6,9,16H,7-8,10H2. The highest BCUT2D eigenvalue weighted by atomic mass is 16.3. The number of nitrogens with zero attached hydrogens (tertiary/aromatic N) is 2. The van der Waals surface area contributed by atoms with Crippen LogP contribution in [0, 0.1) is 0 Å². The van der Waals surface area contributed by atoms with Crippen LogP contribution in [0.3, 0.4) is 0 Å². The predicted octanol–water partition coefficient (Wildman–Crippen LogP) is 1.91. The molecule has 16 heavy (non-hydrogen) atoms. The zero-order valence-electron chi connectivity index (χ0n) is 9.00. The number of benzene rings is 1. The molecule has 3 nitrogen and oxygen atoms in total. The third-order valence-corrected chi connectivity index (χ3v) is 3.09. The summed E-state index contributed by atoms with van der Waals surface area (Å²) in [5.41, 5.74) is 1.54. The van der Waals surface area contributed by atoms with Crippen molar-refractivity contribution in [1.82, 2.24) is 9.78 Å². The van der Waals surface area contributed by atoms with Crippen LogP contribution in [-0.4, -0.2) is 14.9 Å². The summed E-state index contributed by atoms with van der Waals surface area (Å²) in [6, 6.07) is 12.1. The fraction of sp³-hybridized carbons (Fsp3) is 0.308. The highest BCUT2D eigenvalue weighted by Crippen LogP contribution is 2.45. The lowest BCUT2D eigenvalue weighted by Crippen LogP contribution is -2.14. The SMILES string of the molecule is OC1(c2ccnn2Cc2ccccc2)CC1. The normalized spacial score (nSPS) is 17.3. The van der Waals surface area contributed by atoms with Crippen molar-refractivity contribution in [2.75, 3.05) is 0 Å². The molecular weight excluding hydrogens is 200 g/mol. The van der Waals surface area contributed by atoms with Crippen molar-refractivity contribution >= 4 is 0 Å². The highest BCUT2D eigenvalue weighted by molar-refractivity contribution is 5.21. The van der Waals surface area contributed by atoms with Gasteiger partial charge in [-0.1, -0.05) is 30.3 Å². The molecule has 3 heteroatoms. The summed E-state index contributed by atoms with van der Waals surface area (Å²) in [5.74, 6) is 0. The quantitative estimate of drug-likeness (QED) is 0.847. The highest BCUT2D eigenvalue weighted by Gasteiger charge is 2.44. The van der Waals surface area contributed by atoms with Crippen molar-refractivity contribution in [3.63, 3.8) is 0 Å².